The zero-order valence-corrected chi connectivity index (χ0v) is 15.6. The number of nitrogens with one attached hydrogen (secondary N) is 1. The van der Waals surface area contributed by atoms with Crippen molar-refractivity contribution in [2.75, 3.05) is 5.32 Å². The molecule has 0 aliphatic heterocycles. The van der Waals surface area contributed by atoms with Crippen molar-refractivity contribution in [2.24, 2.45) is 0 Å². The fraction of sp³-hybridized carbons (Fsp3) is 0.125. The van der Waals surface area contributed by atoms with E-state index in [1.165, 1.54) is 11.6 Å². The summed E-state index contributed by atoms with van der Waals surface area (Å²) in [5.74, 6) is 0.651. The summed E-state index contributed by atoms with van der Waals surface area (Å²) in [5, 5.41) is 2.88. The maximum atomic E-state index is 12.1. The molecule has 3 aromatic carbocycles. The molecule has 136 valence electrons. The van der Waals surface area contributed by atoms with Gasteiger partial charge >= 0.3 is 0 Å². The monoisotopic (exact) mass is 357 g/mol. The van der Waals surface area contributed by atoms with Gasteiger partial charge in [0.05, 0.1) is 0 Å². The highest BCUT2D eigenvalue weighted by Gasteiger charge is 2.00. The van der Waals surface area contributed by atoms with Gasteiger partial charge in [-0.3, -0.25) is 4.79 Å². The first-order valence-electron chi connectivity index (χ1n) is 8.93. The fourth-order valence-electron chi connectivity index (χ4n) is 2.59. The Morgan fingerprint density at radius 3 is 2.37 bits per heavy atom. The highest BCUT2D eigenvalue weighted by atomic mass is 16.5. The first-order chi connectivity index (χ1) is 13.1. The van der Waals surface area contributed by atoms with E-state index in [9.17, 15) is 4.79 Å². The van der Waals surface area contributed by atoms with Gasteiger partial charge in [0.15, 0.2) is 0 Å². The summed E-state index contributed by atoms with van der Waals surface area (Å²) in [6.45, 7) is 4.62. The third-order valence-electron chi connectivity index (χ3n) is 4.33. The average Bonchev–Trinajstić information content (AvgIpc) is 2.69. The van der Waals surface area contributed by atoms with E-state index < -0.39 is 0 Å². The maximum Gasteiger partial charge on any atom is 0.248 e. The summed E-state index contributed by atoms with van der Waals surface area (Å²) in [7, 11) is 0. The second-order valence-electron chi connectivity index (χ2n) is 6.46. The van der Waals surface area contributed by atoms with Crippen molar-refractivity contribution < 1.29 is 9.53 Å². The number of rotatable bonds is 6. The lowest BCUT2D eigenvalue weighted by atomic mass is 10.1. The lowest BCUT2D eigenvalue weighted by Gasteiger charge is -2.06. The standard InChI is InChI=1S/C24H23NO2/c1-18-8-12-22(16-19(18)2)25-24(26)15-11-20-9-13-23(14-10-20)27-17-21-6-4-3-5-7-21/h3-16H,17H2,1-2H3,(H,25,26)/b15-11+. The van der Waals surface area contributed by atoms with Gasteiger partial charge in [-0.05, 0) is 66.4 Å². The lowest BCUT2D eigenvalue weighted by molar-refractivity contribution is -0.111. The van der Waals surface area contributed by atoms with Crippen LogP contribution in [0.5, 0.6) is 5.75 Å². The topological polar surface area (TPSA) is 38.3 Å². The van der Waals surface area contributed by atoms with Crippen LogP contribution in [0.15, 0.2) is 78.9 Å². The molecule has 3 rings (SSSR count). The fourth-order valence-corrected chi connectivity index (χ4v) is 2.59. The molecule has 0 bridgehead atoms. The van der Waals surface area contributed by atoms with Crippen LogP contribution < -0.4 is 10.1 Å². The second kappa shape index (κ2) is 8.86. The number of benzene rings is 3. The van der Waals surface area contributed by atoms with Gasteiger partial charge in [-0.1, -0.05) is 48.5 Å². The zero-order chi connectivity index (χ0) is 19.1. The van der Waals surface area contributed by atoms with Crippen molar-refractivity contribution in [2.45, 2.75) is 20.5 Å². The molecule has 0 spiro atoms. The highest BCUT2D eigenvalue weighted by Crippen LogP contribution is 2.16. The SMILES string of the molecule is Cc1ccc(NC(=O)/C=C/c2ccc(OCc3ccccc3)cc2)cc1C. The molecule has 3 aromatic rings. The highest BCUT2D eigenvalue weighted by molar-refractivity contribution is 6.02. The number of amides is 1. The Balaban J connectivity index is 1.53. The van der Waals surface area contributed by atoms with Gasteiger partial charge < -0.3 is 10.1 Å². The van der Waals surface area contributed by atoms with Gasteiger partial charge in [0.25, 0.3) is 0 Å². The van der Waals surface area contributed by atoms with Crippen molar-refractivity contribution in [1.82, 2.24) is 0 Å². The summed E-state index contributed by atoms with van der Waals surface area (Å²) in [6.07, 6.45) is 3.33. The van der Waals surface area contributed by atoms with Crippen LogP contribution in [0.4, 0.5) is 5.69 Å². The van der Waals surface area contributed by atoms with Crippen LogP contribution in [0.1, 0.15) is 22.3 Å². The Kier molecular flexibility index (Phi) is 6.06. The van der Waals surface area contributed by atoms with Crippen molar-refractivity contribution in [3.63, 3.8) is 0 Å². The molecule has 3 nitrogen and oxygen atoms in total. The molecule has 0 saturated heterocycles. The molecule has 0 fully saturated rings. The van der Waals surface area contributed by atoms with Crippen LogP contribution in [0.25, 0.3) is 6.08 Å². The minimum Gasteiger partial charge on any atom is -0.489 e. The van der Waals surface area contributed by atoms with Crippen LogP contribution >= 0.6 is 0 Å². The predicted molar refractivity (Wildman–Crippen MR) is 111 cm³/mol. The van der Waals surface area contributed by atoms with E-state index in [0.717, 1.165) is 28.1 Å². The van der Waals surface area contributed by atoms with E-state index in [1.54, 1.807) is 6.08 Å². The molecule has 0 aliphatic carbocycles. The van der Waals surface area contributed by atoms with E-state index in [-0.39, 0.29) is 5.91 Å². The van der Waals surface area contributed by atoms with Gasteiger partial charge in [-0.15, -0.1) is 0 Å². The van der Waals surface area contributed by atoms with E-state index in [1.807, 2.05) is 86.6 Å². The maximum absolute atomic E-state index is 12.1. The largest absolute Gasteiger partial charge is 0.489 e. The van der Waals surface area contributed by atoms with Crippen LogP contribution in [0.2, 0.25) is 0 Å². The normalized spacial score (nSPS) is 10.7. The molecule has 27 heavy (non-hydrogen) atoms. The predicted octanol–water partition coefficient (Wildman–Crippen LogP) is 5.53. The van der Waals surface area contributed by atoms with Gasteiger partial charge in [-0.2, -0.15) is 0 Å². The molecular weight excluding hydrogens is 334 g/mol. The molecule has 0 radical (unpaired) electrons. The smallest absolute Gasteiger partial charge is 0.248 e. The number of aryl methyl sites for hydroxylation is 2. The lowest BCUT2D eigenvalue weighted by Crippen LogP contribution is -2.07. The summed E-state index contributed by atoms with van der Waals surface area (Å²) in [4.78, 5) is 12.1. The molecule has 0 aliphatic rings. The number of hydrogen-bond donors (Lipinski definition) is 1. The van der Waals surface area contributed by atoms with Gasteiger partial charge in [0.2, 0.25) is 5.91 Å². The van der Waals surface area contributed by atoms with Crippen molar-refractivity contribution >= 4 is 17.7 Å². The quantitative estimate of drug-likeness (QED) is 0.589. The van der Waals surface area contributed by atoms with Crippen LogP contribution in [-0.4, -0.2) is 5.91 Å². The molecule has 0 unspecified atom stereocenters. The summed E-state index contributed by atoms with van der Waals surface area (Å²) in [6, 6.07) is 23.6. The molecule has 0 aromatic heterocycles. The van der Waals surface area contributed by atoms with Crippen molar-refractivity contribution in [1.29, 1.82) is 0 Å². The van der Waals surface area contributed by atoms with Crippen molar-refractivity contribution in [3.8, 4) is 5.75 Å². The Morgan fingerprint density at radius 2 is 1.67 bits per heavy atom. The van der Waals surface area contributed by atoms with E-state index in [4.69, 9.17) is 4.74 Å². The number of anilines is 1. The average molecular weight is 357 g/mol. The zero-order valence-electron chi connectivity index (χ0n) is 15.6. The van der Waals surface area contributed by atoms with Gasteiger partial charge in [0, 0.05) is 11.8 Å². The van der Waals surface area contributed by atoms with Crippen LogP contribution in [-0.2, 0) is 11.4 Å². The van der Waals surface area contributed by atoms with Gasteiger partial charge in [-0.25, -0.2) is 0 Å². The Labute approximate surface area is 160 Å². The Morgan fingerprint density at radius 1 is 0.926 bits per heavy atom. The molecule has 3 heteroatoms. The third-order valence-corrected chi connectivity index (χ3v) is 4.33. The minimum absolute atomic E-state index is 0.150. The first-order valence-corrected chi connectivity index (χ1v) is 8.93. The summed E-state index contributed by atoms with van der Waals surface area (Å²) in [5.41, 5.74) is 5.24. The number of ether oxygens (including phenoxy) is 1. The van der Waals surface area contributed by atoms with E-state index in [0.29, 0.717) is 6.61 Å². The second-order valence-corrected chi connectivity index (χ2v) is 6.46. The molecule has 0 saturated carbocycles. The van der Waals surface area contributed by atoms with Crippen LogP contribution in [0.3, 0.4) is 0 Å². The molecule has 1 N–H and O–H groups in total. The first kappa shape index (κ1) is 18.5. The molecule has 1 amide bonds. The molecule has 0 atom stereocenters. The van der Waals surface area contributed by atoms with E-state index >= 15 is 0 Å². The van der Waals surface area contributed by atoms with Crippen molar-refractivity contribution in [3.05, 3.63) is 101 Å². The van der Waals surface area contributed by atoms with Gasteiger partial charge in [0.1, 0.15) is 12.4 Å². The molecule has 0 heterocycles. The van der Waals surface area contributed by atoms with E-state index in [2.05, 4.69) is 5.32 Å². The number of hydrogen-bond acceptors (Lipinski definition) is 2. The Bertz CT molecular complexity index is 928. The number of carbonyl (C=O) groups excluding carboxylic acids is 1. The minimum atomic E-state index is -0.150. The number of carbonyl (C=O) groups is 1. The summed E-state index contributed by atoms with van der Waals surface area (Å²) < 4.78 is 5.77. The third kappa shape index (κ3) is 5.58. The molecular formula is C24H23NO2. The Hall–Kier alpha value is -3.33. The summed E-state index contributed by atoms with van der Waals surface area (Å²) >= 11 is 0. The van der Waals surface area contributed by atoms with Crippen LogP contribution in [0, 0.1) is 13.8 Å².